The first-order valence-corrected chi connectivity index (χ1v) is 5.30. The van der Waals surface area contributed by atoms with Crippen LogP contribution >= 0.6 is 0 Å². The van der Waals surface area contributed by atoms with Crippen molar-refractivity contribution >= 4 is 10.0 Å². The maximum absolute atomic E-state index is 12.4. The number of aromatic amines is 1. The molecule has 3 N–H and O–H groups in total. The zero-order chi connectivity index (χ0) is 12.5. The second kappa shape index (κ2) is 3.99. The fraction of sp³-hybridized carbons (Fsp3) is 0.143. The largest absolute Gasteiger partial charge is 0.351 e. The Balaban J connectivity index is 3.73. The molecule has 0 aliphatic rings. The highest BCUT2D eigenvalue weighted by molar-refractivity contribution is 7.89. The van der Waals surface area contributed by atoms with E-state index >= 15 is 0 Å². The lowest BCUT2D eigenvalue weighted by Crippen LogP contribution is -2.25. The number of nitrogens with two attached hydrogens (primary N) is 1. The van der Waals surface area contributed by atoms with E-state index in [1.54, 1.807) is 0 Å². The van der Waals surface area contributed by atoms with Crippen LogP contribution in [0.1, 0.15) is 17.7 Å². The first kappa shape index (κ1) is 12.3. The minimum Gasteiger partial charge on any atom is -0.351 e. The summed E-state index contributed by atoms with van der Waals surface area (Å²) in [5.41, 5.74) is -3.35. The molecule has 0 amide bonds. The van der Waals surface area contributed by atoms with E-state index in [4.69, 9.17) is 5.26 Å². The number of rotatable bonds is 2. The fourth-order valence-corrected chi connectivity index (χ4v) is 1.63. The van der Waals surface area contributed by atoms with E-state index < -0.39 is 38.0 Å². The highest BCUT2D eigenvalue weighted by atomic mass is 32.2. The van der Waals surface area contributed by atoms with Gasteiger partial charge in [0.2, 0.25) is 15.5 Å². The van der Waals surface area contributed by atoms with Crippen molar-refractivity contribution in [2.75, 3.05) is 0 Å². The van der Waals surface area contributed by atoms with Crippen molar-refractivity contribution in [3.63, 3.8) is 0 Å². The van der Waals surface area contributed by atoms with Gasteiger partial charge in [-0.15, -0.1) is 0 Å². The molecule has 1 heterocycles. The van der Waals surface area contributed by atoms with Crippen LogP contribution in [0.25, 0.3) is 0 Å². The zero-order valence-corrected chi connectivity index (χ0v) is 8.38. The summed E-state index contributed by atoms with van der Waals surface area (Å²) >= 11 is 0. The van der Waals surface area contributed by atoms with Crippen molar-refractivity contribution in [3.05, 3.63) is 27.7 Å². The number of alkyl halides is 2. The molecule has 1 rings (SSSR count). The molecule has 0 saturated heterocycles. The number of nitriles is 1. The Morgan fingerprint density at radius 1 is 1.50 bits per heavy atom. The standard InChI is InChI=1S/C7H5F2N3O3S/c8-7(9)5-3(1-10)12-2-4(6(5)13)16(11,14)15/h2,7H,(H,12,13)(H2,11,14,15). The molecule has 1 aromatic rings. The molecular formula is C7H5F2N3O3S. The van der Waals surface area contributed by atoms with Crippen molar-refractivity contribution in [2.24, 2.45) is 5.14 Å². The zero-order valence-electron chi connectivity index (χ0n) is 7.57. The Bertz CT molecular complexity index is 615. The molecule has 0 bridgehead atoms. The molecule has 0 spiro atoms. The molecule has 0 radical (unpaired) electrons. The summed E-state index contributed by atoms with van der Waals surface area (Å²) in [6, 6.07) is 1.33. The Kier molecular flexibility index (Phi) is 3.06. The average Bonchev–Trinajstić information content (AvgIpc) is 2.14. The summed E-state index contributed by atoms with van der Waals surface area (Å²) in [6.45, 7) is 0. The number of sulfonamides is 1. The van der Waals surface area contributed by atoms with Gasteiger partial charge < -0.3 is 4.98 Å². The third-order valence-electron chi connectivity index (χ3n) is 1.72. The van der Waals surface area contributed by atoms with Gasteiger partial charge in [-0.05, 0) is 0 Å². The van der Waals surface area contributed by atoms with E-state index in [0.717, 1.165) is 0 Å². The predicted molar refractivity (Wildman–Crippen MR) is 48.1 cm³/mol. The van der Waals surface area contributed by atoms with Crippen LogP contribution in [0.3, 0.4) is 0 Å². The Morgan fingerprint density at radius 3 is 2.44 bits per heavy atom. The molecule has 0 aliphatic carbocycles. The van der Waals surface area contributed by atoms with Crippen LogP contribution in [-0.2, 0) is 10.0 Å². The lowest BCUT2D eigenvalue weighted by Gasteiger charge is -2.03. The van der Waals surface area contributed by atoms with E-state index in [1.807, 2.05) is 4.98 Å². The van der Waals surface area contributed by atoms with Crippen LogP contribution in [0.2, 0.25) is 0 Å². The molecule has 0 fully saturated rings. The number of hydrogen-bond acceptors (Lipinski definition) is 4. The lowest BCUT2D eigenvalue weighted by molar-refractivity contribution is 0.149. The molecular weight excluding hydrogens is 244 g/mol. The highest BCUT2D eigenvalue weighted by Crippen LogP contribution is 2.18. The molecule has 0 saturated carbocycles. The van der Waals surface area contributed by atoms with Gasteiger partial charge in [-0.2, -0.15) is 5.26 Å². The monoisotopic (exact) mass is 249 g/mol. The highest BCUT2D eigenvalue weighted by Gasteiger charge is 2.24. The van der Waals surface area contributed by atoms with E-state index in [9.17, 15) is 22.0 Å². The second-order valence-electron chi connectivity index (χ2n) is 2.73. The maximum atomic E-state index is 12.4. The van der Waals surface area contributed by atoms with Gasteiger partial charge in [0.05, 0.1) is 0 Å². The number of nitrogens with zero attached hydrogens (tertiary/aromatic N) is 1. The third kappa shape index (κ3) is 2.07. The quantitative estimate of drug-likeness (QED) is 0.756. The van der Waals surface area contributed by atoms with Gasteiger partial charge in [0.15, 0.2) is 0 Å². The van der Waals surface area contributed by atoms with Crippen LogP contribution in [-0.4, -0.2) is 13.4 Å². The molecule has 0 unspecified atom stereocenters. The fourth-order valence-electron chi connectivity index (χ4n) is 1.04. The number of nitrogens with one attached hydrogen (secondary N) is 1. The number of hydrogen-bond donors (Lipinski definition) is 2. The molecule has 9 heteroatoms. The van der Waals surface area contributed by atoms with Gasteiger partial charge in [0.1, 0.15) is 22.2 Å². The van der Waals surface area contributed by atoms with Gasteiger partial charge in [0.25, 0.3) is 6.43 Å². The molecule has 16 heavy (non-hydrogen) atoms. The van der Waals surface area contributed by atoms with Gasteiger partial charge in [-0.3, -0.25) is 4.79 Å². The summed E-state index contributed by atoms with van der Waals surface area (Å²) < 4.78 is 46.6. The van der Waals surface area contributed by atoms with Gasteiger partial charge in [0, 0.05) is 6.20 Å². The minimum absolute atomic E-state index is 0.613. The average molecular weight is 249 g/mol. The first-order chi connectivity index (χ1) is 7.29. The summed E-state index contributed by atoms with van der Waals surface area (Å²) in [5, 5.41) is 13.1. The maximum Gasteiger partial charge on any atom is 0.270 e. The van der Waals surface area contributed by atoms with Crippen LogP contribution in [0, 0.1) is 11.3 Å². The van der Waals surface area contributed by atoms with Crippen molar-refractivity contribution in [2.45, 2.75) is 11.3 Å². The SMILES string of the molecule is N#Cc1[nH]cc(S(N)(=O)=O)c(=O)c1C(F)F. The van der Waals surface area contributed by atoms with Crippen LogP contribution in [0.4, 0.5) is 8.78 Å². The van der Waals surface area contributed by atoms with E-state index in [0.29, 0.717) is 6.20 Å². The number of halogens is 2. The van der Waals surface area contributed by atoms with Crippen LogP contribution < -0.4 is 10.6 Å². The minimum atomic E-state index is -4.40. The van der Waals surface area contributed by atoms with Gasteiger partial charge in [-0.25, -0.2) is 22.3 Å². The van der Waals surface area contributed by atoms with Crippen LogP contribution in [0.15, 0.2) is 15.9 Å². The number of primary sulfonamides is 1. The van der Waals surface area contributed by atoms with Crippen molar-refractivity contribution in [1.82, 2.24) is 4.98 Å². The topological polar surface area (TPSA) is 117 Å². The number of H-pyrrole nitrogens is 1. The second-order valence-corrected chi connectivity index (χ2v) is 4.26. The summed E-state index contributed by atoms with van der Waals surface area (Å²) in [6.07, 6.45) is -2.65. The van der Waals surface area contributed by atoms with E-state index in [1.165, 1.54) is 6.07 Å². The van der Waals surface area contributed by atoms with Gasteiger partial charge in [-0.1, -0.05) is 0 Å². The molecule has 6 nitrogen and oxygen atoms in total. The van der Waals surface area contributed by atoms with Crippen molar-refractivity contribution < 1.29 is 17.2 Å². The lowest BCUT2D eigenvalue weighted by atomic mass is 10.2. The Labute approximate surface area is 88.4 Å². The number of pyridine rings is 1. The van der Waals surface area contributed by atoms with Gasteiger partial charge >= 0.3 is 0 Å². The van der Waals surface area contributed by atoms with Crippen molar-refractivity contribution in [1.29, 1.82) is 5.26 Å². The number of aromatic nitrogens is 1. The smallest absolute Gasteiger partial charge is 0.270 e. The molecule has 0 aromatic carbocycles. The van der Waals surface area contributed by atoms with Crippen molar-refractivity contribution in [3.8, 4) is 6.07 Å². The predicted octanol–water partition coefficient (Wildman–Crippen LogP) is -0.168. The summed E-state index contributed by atoms with van der Waals surface area (Å²) in [7, 11) is -4.40. The molecule has 86 valence electrons. The van der Waals surface area contributed by atoms with E-state index in [-0.39, 0.29) is 0 Å². The summed E-state index contributed by atoms with van der Waals surface area (Å²) in [5.74, 6) is 0. The Hall–Kier alpha value is -1.79. The van der Waals surface area contributed by atoms with Crippen LogP contribution in [0.5, 0.6) is 0 Å². The third-order valence-corrected chi connectivity index (χ3v) is 2.64. The molecule has 0 aliphatic heterocycles. The summed E-state index contributed by atoms with van der Waals surface area (Å²) in [4.78, 5) is 12.3. The van der Waals surface area contributed by atoms with E-state index in [2.05, 4.69) is 5.14 Å². The molecule has 1 aromatic heterocycles. The molecule has 0 atom stereocenters. The normalized spacial score (nSPS) is 11.4. The first-order valence-electron chi connectivity index (χ1n) is 3.75. The Morgan fingerprint density at radius 2 is 2.06 bits per heavy atom.